The SMILES string of the molecule is Cc1nnc(-c2cc3ccccc3n2Cc2cccc3ccccc23)o1. The predicted octanol–water partition coefficient (Wildman–Crippen LogP) is 5.20. The van der Waals surface area contributed by atoms with Crippen molar-refractivity contribution in [2.75, 3.05) is 0 Å². The fraction of sp³-hybridized carbons (Fsp3) is 0.0909. The average molecular weight is 339 g/mol. The minimum Gasteiger partial charge on any atom is -0.420 e. The lowest BCUT2D eigenvalue weighted by Crippen LogP contribution is -2.02. The molecule has 0 N–H and O–H groups in total. The Balaban J connectivity index is 1.73. The molecule has 126 valence electrons. The number of benzene rings is 3. The first-order valence-electron chi connectivity index (χ1n) is 8.65. The van der Waals surface area contributed by atoms with Gasteiger partial charge in [-0.1, -0.05) is 60.7 Å². The van der Waals surface area contributed by atoms with Crippen molar-refractivity contribution >= 4 is 21.7 Å². The zero-order valence-corrected chi connectivity index (χ0v) is 14.4. The third-order valence-electron chi connectivity index (χ3n) is 4.76. The van der Waals surface area contributed by atoms with Gasteiger partial charge in [0.15, 0.2) is 0 Å². The van der Waals surface area contributed by atoms with Crippen LogP contribution in [0.1, 0.15) is 11.5 Å². The van der Waals surface area contributed by atoms with Crippen molar-refractivity contribution in [3.05, 3.63) is 84.3 Å². The van der Waals surface area contributed by atoms with Crippen LogP contribution in [0.15, 0.2) is 77.2 Å². The number of para-hydroxylation sites is 1. The van der Waals surface area contributed by atoms with Gasteiger partial charge in [-0.3, -0.25) is 0 Å². The van der Waals surface area contributed by atoms with Crippen molar-refractivity contribution < 1.29 is 4.42 Å². The summed E-state index contributed by atoms with van der Waals surface area (Å²) >= 11 is 0. The Morgan fingerprint density at radius 2 is 1.62 bits per heavy atom. The molecular formula is C22H17N3O. The monoisotopic (exact) mass is 339 g/mol. The molecule has 4 heteroatoms. The van der Waals surface area contributed by atoms with Crippen molar-refractivity contribution in [2.45, 2.75) is 13.5 Å². The standard InChI is InChI=1S/C22H17N3O/c1-15-23-24-22(26-15)21-13-17-8-3-5-12-20(17)25(21)14-18-10-6-9-16-7-2-4-11-19(16)18/h2-13H,14H2,1H3. The molecule has 0 atom stereocenters. The zero-order valence-electron chi connectivity index (χ0n) is 14.4. The van der Waals surface area contributed by atoms with Crippen LogP contribution < -0.4 is 0 Å². The topological polar surface area (TPSA) is 43.9 Å². The maximum Gasteiger partial charge on any atom is 0.264 e. The third kappa shape index (κ3) is 2.39. The van der Waals surface area contributed by atoms with Crippen molar-refractivity contribution in [1.82, 2.24) is 14.8 Å². The molecule has 0 aliphatic heterocycles. The average Bonchev–Trinajstić information content (AvgIpc) is 3.26. The van der Waals surface area contributed by atoms with Crippen LogP contribution in [0.3, 0.4) is 0 Å². The number of nitrogens with zero attached hydrogens (tertiary/aromatic N) is 3. The first-order valence-corrected chi connectivity index (χ1v) is 8.65. The molecule has 2 aromatic heterocycles. The molecule has 0 spiro atoms. The van der Waals surface area contributed by atoms with Crippen molar-refractivity contribution in [2.24, 2.45) is 0 Å². The van der Waals surface area contributed by atoms with Crippen LogP contribution in [0.5, 0.6) is 0 Å². The summed E-state index contributed by atoms with van der Waals surface area (Å²) in [4.78, 5) is 0. The fourth-order valence-corrected chi connectivity index (χ4v) is 3.56. The third-order valence-corrected chi connectivity index (χ3v) is 4.76. The second-order valence-corrected chi connectivity index (χ2v) is 6.44. The highest BCUT2D eigenvalue weighted by Crippen LogP contribution is 2.30. The molecule has 0 bridgehead atoms. The molecule has 0 fully saturated rings. The Labute approximate surface area is 150 Å². The second kappa shape index (κ2) is 5.85. The lowest BCUT2D eigenvalue weighted by Gasteiger charge is -2.11. The fourth-order valence-electron chi connectivity index (χ4n) is 3.56. The Hall–Kier alpha value is -3.40. The highest BCUT2D eigenvalue weighted by molar-refractivity contribution is 5.88. The summed E-state index contributed by atoms with van der Waals surface area (Å²) in [5, 5.41) is 11.9. The van der Waals surface area contributed by atoms with E-state index in [1.165, 1.54) is 21.7 Å². The van der Waals surface area contributed by atoms with E-state index in [1.807, 2.05) is 13.0 Å². The summed E-state index contributed by atoms with van der Waals surface area (Å²) in [5.41, 5.74) is 3.37. The first kappa shape index (κ1) is 14.9. The van der Waals surface area contributed by atoms with Gasteiger partial charge >= 0.3 is 0 Å². The number of hydrogen-bond acceptors (Lipinski definition) is 3. The van der Waals surface area contributed by atoms with Crippen LogP contribution in [0.4, 0.5) is 0 Å². The quantitative estimate of drug-likeness (QED) is 0.454. The zero-order chi connectivity index (χ0) is 17.5. The van der Waals surface area contributed by atoms with Gasteiger partial charge in [0.2, 0.25) is 5.89 Å². The van der Waals surface area contributed by atoms with Crippen molar-refractivity contribution in [1.29, 1.82) is 0 Å². The number of aryl methyl sites for hydroxylation is 1. The molecule has 0 aliphatic carbocycles. The van der Waals surface area contributed by atoms with E-state index in [0.29, 0.717) is 11.8 Å². The van der Waals surface area contributed by atoms with Crippen LogP contribution in [-0.2, 0) is 6.54 Å². The number of hydrogen-bond donors (Lipinski definition) is 0. The first-order chi connectivity index (χ1) is 12.8. The molecule has 0 amide bonds. The summed E-state index contributed by atoms with van der Waals surface area (Å²) in [6, 6.07) is 25.4. The van der Waals surface area contributed by atoms with E-state index >= 15 is 0 Å². The molecule has 5 aromatic rings. The summed E-state index contributed by atoms with van der Waals surface area (Å²) < 4.78 is 7.98. The number of aromatic nitrogens is 3. The second-order valence-electron chi connectivity index (χ2n) is 6.44. The van der Waals surface area contributed by atoms with Gasteiger partial charge in [-0.05, 0) is 28.5 Å². The predicted molar refractivity (Wildman–Crippen MR) is 103 cm³/mol. The minimum absolute atomic E-state index is 0.555. The van der Waals surface area contributed by atoms with Crippen LogP contribution >= 0.6 is 0 Å². The molecule has 3 aromatic carbocycles. The van der Waals surface area contributed by atoms with E-state index in [2.05, 4.69) is 81.5 Å². The largest absolute Gasteiger partial charge is 0.420 e. The van der Waals surface area contributed by atoms with Gasteiger partial charge in [0, 0.05) is 24.4 Å². The van der Waals surface area contributed by atoms with E-state index in [1.54, 1.807) is 0 Å². The Bertz CT molecular complexity index is 1230. The molecule has 2 heterocycles. The van der Waals surface area contributed by atoms with Gasteiger partial charge in [0.1, 0.15) is 5.69 Å². The summed E-state index contributed by atoms with van der Waals surface area (Å²) in [6.07, 6.45) is 0. The summed E-state index contributed by atoms with van der Waals surface area (Å²) in [7, 11) is 0. The van der Waals surface area contributed by atoms with Gasteiger partial charge in [0.05, 0.1) is 0 Å². The summed E-state index contributed by atoms with van der Waals surface area (Å²) in [6.45, 7) is 2.56. The molecule has 0 saturated carbocycles. The molecule has 26 heavy (non-hydrogen) atoms. The van der Waals surface area contributed by atoms with Gasteiger partial charge < -0.3 is 8.98 Å². The van der Waals surface area contributed by atoms with Gasteiger partial charge in [0.25, 0.3) is 5.89 Å². The van der Waals surface area contributed by atoms with Crippen LogP contribution in [0.2, 0.25) is 0 Å². The molecule has 0 radical (unpaired) electrons. The lowest BCUT2D eigenvalue weighted by atomic mass is 10.0. The van der Waals surface area contributed by atoms with E-state index in [4.69, 9.17) is 4.42 Å². The molecule has 0 unspecified atom stereocenters. The van der Waals surface area contributed by atoms with Crippen LogP contribution in [-0.4, -0.2) is 14.8 Å². The maximum absolute atomic E-state index is 5.72. The molecule has 4 nitrogen and oxygen atoms in total. The van der Waals surface area contributed by atoms with Crippen LogP contribution in [0.25, 0.3) is 33.3 Å². The lowest BCUT2D eigenvalue weighted by molar-refractivity contribution is 0.528. The van der Waals surface area contributed by atoms with E-state index in [-0.39, 0.29) is 0 Å². The molecule has 0 aliphatic rings. The molecule has 5 rings (SSSR count). The van der Waals surface area contributed by atoms with Crippen molar-refractivity contribution in [3.8, 4) is 11.6 Å². The highest BCUT2D eigenvalue weighted by Gasteiger charge is 2.16. The highest BCUT2D eigenvalue weighted by atomic mass is 16.4. The molecule has 0 saturated heterocycles. The number of fused-ring (bicyclic) bond motifs is 2. The van der Waals surface area contributed by atoms with E-state index < -0.39 is 0 Å². The van der Waals surface area contributed by atoms with Gasteiger partial charge in [-0.15, -0.1) is 10.2 Å². The van der Waals surface area contributed by atoms with E-state index in [9.17, 15) is 0 Å². The normalized spacial score (nSPS) is 11.4. The van der Waals surface area contributed by atoms with E-state index in [0.717, 1.165) is 17.8 Å². The molecular weight excluding hydrogens is 322 g/mol. The smallest absolute Gasteiger partial charge is 0.264 e. The Morgan fingerprint density at radius 3 is 2.46 bits per heavy atom. The van der Waals surface area contributed by atoms with Gasteiger partial charge in [-0.2, -0.15) is 0 Å². The maximum atomic E-state index is 5.72. The van der Waals surface area contributed by atoms with Gasteiger partial charge in [-0.25, -0.2) is 0 Å². The Kier molecular flexibility index (Phi) is 3.35. The number of rotatable bonds is 3. The Morgan fingerprint density at radius 1 is 0.846 bits per heavy atom. The van der Waals surface area contributed by atoms with Crippen molar-refractivity contribution in [3.63, 3.8) is 0 Å². The summed E-state index contributed by atoms with van der Waals surface area (Å²) in [5.74, 6) is 1.13. The minimum atomic E-state index is 0.555. The van der Waals surface area contributed by atoms with Crippen LogP contribution in [0, 0.1) is 6.92 Å².